The van der Waals surface area contributed by atoms with Crippen molar-refractivity contribution in [3.05, 3.63) is 24.3 Å². The third kappa shape index (κ3) is 5.35. The molecular formula is C14H21NO5S. The highest BCUT2D eigenvalue weighted by molar-refractivity contribution is 7.89. The van der Waals surface area contributed by atoms with Crippen LogP contribution in [-0.4, -0.2) is 33.1 Å². The van der Waals surface area contributed by atoms with E-state index in [0.717, 1.165) is 0 Å². The van der Waals surface area contributed by atoms with Crippen LogP contribution in [0.3, 0.4) is 0 Å². The van der Waals surface area contributed by atoms with Crippen LogP contribution in [0.15, 0.2) is 29.2 Å². The normalized spacial score (nSPS) is 13.6. The van der Waals surface area contributed by atoms with Crippen molar-refractivity contribution in [1.82, 2.24) is 4.72 Å². The number of sulfonamides is 1. The molecule has 1 atom stereocenters. The van der Waals surface area contributed by atoms with Crippen LogP contribution in [0.1, 0.15) is 27.7 Å². The van der Waals surface area contributed by atoms with Gasteiger partial charge in [0.1, 0.15) is 17.4 Å². The second-order valence-corrected chi connectivity index (χ2v) is 7.27. The predicted octanol–water partition coefficient (Wildman–Crippen LogP) is 1.70. The Labute approximate surface area is 125 Å². The first kappa shape index (κ1) is 17.5. The molecule has 1 aromatic rings. The highest BCUT2D eigenvalue weighted by atomic mass is 32.2. The van der Waals surface area contributed by atoms with Gasteiger partial charge in [-0.05, 0) is 52.0 Å². The molecule has 0 bridgehead atoms. The summed E-state index contributed by atoms with van der Waals surface area (Å²) in [7, 11) is -2.30. The van der Waals surface area contributed by atoms with Gasteiger partial charge in [0.15, 0.2) is 0 Å². The van der Waals surface area contributed by atoms with Crippen LogP contribution in [0, 0.1) is 0 Å². The van der Waals surface area contributed by atoms with Crippen molar-refractivity contribution in [2.24, 2.45) is 0 Å². The van der Waals surface area contributed by atoms with Crippen molar-refractivity contribution in [3.63, 3.8) is 0 Å². The molecule has 0 saturated carbocycles. The number of ether oxygens (including phenoxy) is 2. The van der Waals surface area contributed by atoms with Gasteiger partial charge in [-0.25, -0.2) is 8.42 Å². The number of esters is 1. The van der Waals surface area contributed by atoms with Gasteiger partial charge in [-0.1, -0.05) is 0 Å². The fourth-order valence-electron chi connectivity index (χ4n) is 1.49. The number of hydrogen-bond acceptors (Lipinski definition) is 5. The molecule has 1 aromatic carbocycles. The second-order valence-electron chi connectivity index (χ2n) is 5.55. The van der Waals surface area contributed by atoms with Gasteiger partial charge in [0.05, 0.1) is 12.0 Å². The zero-order chi connectivity index (χ0) is 16.3. The fraction of sp³-hybridized carbons (Fsp3) is 0.500. The topological polar surface area (TPSA) is 81.7 Å². The molecule has 118 valence electrons. The maximum atomic E-state index is 12.2. The monoisotopic (exact) mass is 315 g/mol. The second kappa shape index (κ2) is 6.44. The lowest BCUT2D eigenvalue weighted by molar-refractivity contribution is -0.156. The number of nitrogens with one attached hydrogen (secondary N) is 1. The first-order valence-electron chi connectivity index (χ1n) is 6.44. The van der Waals surface area contributed by atoms with Gasteiger partial charge in [0, 0.05) is 0 Å². The molecule has 0 saturated heterocycles. The van der Waals surface area contributed by atoms with Gasteiger partial charge in [-0.15, -0.1) is 0 Å². The average Bonchev–Trinajstić information content (AvgIpc) is 2.36. The molecule has 21 heavy (non-hydrogen) atoms. The predicted molar refractivity (Wildman–Crippen MR) is 78.6 cm³/mol. The molecule has 0 aliphatic heterocycles. The summed E-state index contributed by atoms with van der Waals surface area (Å²) < 4.78 is 36.7. The Hall–Kier alpha value is -1.60. The molecule has 0 heterocycles. The molecule has 0 aliphatic carbocycles. The number of rotatable bonds is 5. The summed E-state index contributed by atoms with van der Waals surface area (Å²) in [5.74, 6) is -0.0753. The molecule has 0 fully saturated rings. The van der Waals surface area contributed by atoms with Crippen LogP contribution in [0.2, 0.25) is 0 Å². The van der Waals surface area contributed by atoms with Gasteiger partial charge in [-0.3, -0.25) is 4.79 Å². The SMILES string of the molecule is COc1ccc(S(=O)(=O)NC(C)C(=O)OC(C)(C)C)cc1. The van der Waals surface area contributed by atoms with Crippen LogP contribution in [0.4, 0.5) is 0 Å². The summed E-state index contributed by atoms with van der Waals surface area (Å²) in [6.07, 6.45) is 0. The van der Waals surface area contributed by atoms with E-state index >= 15 is 0 Å². The van der Waals surface area contributed by atoms with E-state index in [4.69, 9.17) is 9.47 Å². The van der Waals surface area contributed by atoms with Crippen molar-refractivity contribution < 1.29 is 22.7 Å². The minimum Gasteiger partial charge on any atom is -0.497 e. The zero-order valence-electron chi connectivity index (χ0n) is 12.8. The van der Waals surface area contributed by atoms with E-state index in [-0.39, 0.29) is 4.90 Å². The molecule has 0 aromatic heterocycles. The summed E-state index contributed by atoms with van der Waals surface area (Å²) in [6, 6.07) is 4.90. The maximum Gasteiger partial charge on any atom is 0.324 e. The summed E-state index contributed by atoms with van der Waals surface area (Å²) >= 11 is 0. The maximum absolute atomic E-state index is 12.2. The van der Waals surface area contributed by atoms with Gasteiger partial charge >= 0.3 is 5.97 Å². The molecule has 1 rings (SSSR count). The first-order chi connectivity index (χ1) is 9.55. The van der Waals surface area contributed by atoms with E-state index in [1.807, 2.05) is 0 Å². The fourth-order valence-corrected chi connectivity index (χ4v) is 2.69. The Morgan fingerprint density at radius 2 is 1.71 bits per heavy atom. The minimum atomic E-state index is -3.79. The van der Waals surface area contributed by atoms with Crippen LogP contribution in [0.5, 0.6) is 5.75 Å². The summed E-state index contributed by atoms with van der Waals surface area (Å²) in [5, 5.41) is 0. The van der Waals surface area contributed by atoms with Crippen molar-refractivity contribution in [3.8, 4) is 5.75 Å². The Morgan fingerprint density at radius 1 is 1.19 bits per heavy atom. The number of hydrogen-bond donors (Lipinski definition) is 1. The van der Waals surface area contributed by atoms with Crippen molar-refractivity contribution >= 4 is 16.0 Å². The molecule has 0 spiro atoms. The third-order valence-electron chi connectivity index (χ3n) is 2.46. The Bertz CT molecular complexity index is 587. The van der Waals surface area contributed by atoms with E-state index in [0.29, 0.717) is 5.75 Å². The summed E-state index contributed by atoms with van der Waals surface area (Å²) in [4.78, 5) is 11.9. The molecule has 0 radical (unpaired) electrons. The van der Waals surface area contributed by atoms with E-state index in [1.54, 1.807) is 20.8 Å². The van der Waals surface area contributed by atoms with Gasteiger partial charge < -0.3 is 9.47 Å². The smallest absolute Gasteiger partial charge is 0.324 e. The number of carbonyl (C=O) groups excluding carboxylic acids is 1. The van der Waals surface area contributed by atoms with Crippen LogP contribution in [0.25, 0.3) is 0 Å². The summed E-state index contributed by atoms with van der Waals surface area (Å²) in [6.45, 7) is 6.59. The molecule has 1 unspecified atom stereocenters. The van der Waals surface area contributed by atoms with E-state index in [1.165, 1.54) is 38.3 Å². The van der Waals surface area contributed by atoms with Crippen molar-refractivity contribution in [1.29, 1.82) is 0 Å². The average molecular weight is 315 g/mol. The molecular weight excluding hydrogens is 294 g/mol. The standard InChI is InChI=1S/C14H21NO5S/c1-10(13(16)20-14(2,3)4)15-21(17,18)12-8-6-11(19-5)7-9-12/h6-10,15H,1-5H3. The van der Waals surface area contributed by atoms with E-state index < -0.39 is 27.6 Å². The highest BCUT2D eigenvalue weighted by Gasteiger charge is 2.26. The zero-order valence-corrected chi connectivity index (χ0v) is 13.7. The van der Waals surface area contributed by atoms with Gasteiger partial charge in [-0.2, -0.15) is 4.72 Å². The number of benzene rings is 1. The third-order valence-corrected chi connectivity index (χ3v) is 4.02. The Balaban J connectivity index is 2.81. The molecule has 1 N–H and O–H groups in total. The van der Waals surface area contributed by atoms with E-state index in [2.05, 4.69) is 4.72 Å². The molecule has 0 aliphatic rings. The molecule has 6 nitrogen and oxygen atoms in total. The lowest BCUT2D eigenvalue weighted by atomic mass is 10.2. The molecule has 0 amide bonds. The van der Waals surface area contributed by atoms with Crippen molar-refractivity contribution in [2.75, 3.05) is 7.11 Å². The van der Waals surface area contributed by atoms with E-state index in [9.17, 15) is 13.2 Å². The Morgan fingerprint density at radius 3 is 2.14 bits per heavy atom. The minimum absolute atomic E-state index is 0.0544. The first-order valence-corrected chi connectivity index (χ1v) is 7.93. The number of methoxy groups -OCH3 is 1. The lowest BCUT2D eigenvalue weighted by Gasteiger charge is -2.22. The Kier molecular flexibility index (Phi) is 5.36. The quantitative estimate of drug-likeness (QED) is 0.836. The van der Waals surface area contributed by atoms with Crippen LogP contribution in [-0.2, 0) is 19.6 Å². The molecule has 7 heteroatoms. The van der Waals surface area contributed by atoms with Gasteiger partial charge in [0.2, 0.25) is 10.0 Å². The highest BCUT2D eigenvalue weighted by Crippen LogP contribution is 2.16. The van der Waals surface area contributed by atoms with Crippen LogP contribution >= 0.6 is 0 Å². The summed E-state index contributed by atoms with van der Waals surface area (Å²) in [5.41, 5.74) is -0.670. The van der Waals surface area contributed by atoms with Crippen molar-refractivity contribution in [2.45, 2.75) is 44.2 Å². The van der Waals surface area contributed by atoms with Gasteiger partial charge in [0.25, 0.3) is 0 Å². The largest absolute Gasteiger partial charge is 0.497 e. The lowest BCUT2D eigenvalue weighted by Crippen LogP contribution is -2.42. The van der Waals surface area contributed by atoms with Crippen LogP contribution < -0.4 is 9.46 Å². The number of carbonyl (C=O) groups is 1.